The lowest BCUT2D eigenvalue weighted by Gasteiger charge is -2.12. The first-order valence-electron chi connectivity index (χ1n) is 7.48. The zero-order chi connectivity index (χ0) is 16.9. The highest BCUT2D eigenvalue weighted by Gasteiger charge is 2.30. The van der Waals surface area contributed by atoms with Gasteiger partial charge in [-0.1, -0.05) is 38.8 Å². The summed E-state index contributed by atoms with van der Waals surface area (Å²) < 4.78 is 42.0. The summed E-state index contributed by atoms with van der Waals surface area (Å²) in [5.74, 6) is 0.971. The fraction of sp³-hybridized carbons (Fsp3) is 0.438. The van der Waals surface area contributed by atoms with E-state index in [1.807, 2.05) is 0 Å². The topological polar surface area (TPSA) is 39.9 Å². The van der Waals surface area contributed by atoms with Crippen LogP contribution >= 0.6 is 0 Å². The van der Waals surface area contributed by atoms with E-state index in [0.29, 0.717) is 12.5 Å². The van der Waals surface area contributed by atoms with E-state index in [-0.39, 0.29) is 5.75 Å². The minimum absolute atomic E-state index is 0.233. The van der Waals surface area contributed by atoms with Gasteiger partial charge in [0.2, 0.25) is 0 Å². The van der Waals surface area contributed by atoms with Gasteiger partial charge < -0.3 is 4.74 Å². The fourth-order valence-electron chi connectivity index (χ4n) is 2.23. The number of aromatic nitrogens is 3. The van der Waals surface area contributed by atoms with Gasteiger partial charge in [-0.2, -0.15) is 5.10 Å². The molecule has 1 aromatic heterocycles. The summed E-state index contributed by atoms with van der Waals surface area (Å²) >= 11 is 0. The van der Waals surface area contributed by atoms with Gasteiger partial charge in [0.15, 0.2) is 0 Å². The van der Waals surface area contributed by atoms with E-state index in [1.165, 1.54) is 18.5 Å². The Kier molecular flexibility index (Phi) is 5.63. The summed E-state index contributed by atoms with van der Waals surface area (Å²) in [4.78, 5) is 4.24. The maximum absolute atomic E-state index is 12.1. The Balaban J connectivity index is 2.04. The molecule has 1 radical (unpaired) electrons. The van der Waals surface area contributed by atoms with E-state index in [9.17, 15) is 13.2 Å². The molecule has 0 spiro atoms. The van der Waals surface area contributed by atoms with E-state index in [2.05, 4.69) is 35.1 Å². The van der Waals surface area contributed by atoms with Crippen LogP contribution in [0.15, 0.2) is 30.6 Å². The van der Waals surface area contributed by atoms with Crippen molar-refractivity contribution in [3.8, 4) is 5.75 Å². The van der Waals surface area contributed by atoms with Crippen LogP contribution in [0.3, 0.4) is 0 Å². The molecule has 0 saturated heterocycles. The SMILES string of the molecule is CCC([CH]c1ncnn1Cc1ccc(OC(F)(F)F)cc1)CC. The van der Waals surface area contributed by atoms with Crippen molar-refractivity contribution < 1.29 is 17.9 Å². The van der Waals surface area contributed by atoms with Crippen LogP contribution < -0.4 is 4.74 Å². The molecule has 4 nitrogen and oxygen atoms in total. The third-order valence-electron chi connectivity index (χ3n) is 3.57. The molecule has 2 aromatic rings. The van der Waals surface area contributed by atoms with Crippen molar-refractivity contribution in [3.63, 3.8) is 0 Å². The molecule has 0 bridgehead atoms. The van der Waals surface area contributed by atoms with E-state index in [4.69, 9.17) is 0 Å². The molecule has 2 rings (SSSR count). The van der Waals surface area contributed by atoms with Crippen molar-refractivity contribution in [1.29, 1.82) is 0 Å². The second-order valence-electron chi connectivity index (χ2n) is 5.21. The minimum Gasteiger partial charge on any atom is -0.406 e. The highest BCUT2D eigenvalue weighted by atomic mass is 19.4. The van der Waals surface area contributed by atoms with Crippen molar-refractivity contribution in [2.24, 2.45) is 5.92 Å². The monoisotopic (exact) mass is 326 g/mol. The van der Waals surface area contributed by atoms with Gasteiger partial charge in [0.05, 0.1) is 6.54 Å². The van der Waals surface area contributed by atoms with Crippen molar-refractivity contribution in [2.75, 3.05) is 0 Å². The molecule has 0 amide bonds. The molecule has 0 N–H and O–H groups in total. The number of rotatable bonds is 7. The van der Waals surface area contributed by atoms with Crippen LogP contribution in [0.25, 0.3) is 0 Å². The van der Waals surface area contributed by atoms with Gasteiger partial charge in [0.25, 0.3) is 0 Å². The molecule has 0 aliphatic heterocycles. The molecule has 1 heterocycles. The molecule has 23 heavy (non-hydrogen) atoms. The van der Waals surface area contributed by atoms with Crippen LogP contribution in [0.5, 0.6) is 5.75 Å². The zero-order valence-corrected chi connectivity index (χ0v) is 13.0. The van der Waals surface area contributed by atoms with Crippen LogP contribution in [0.1, 0.15) is 38.1 Å². The largest absolute Gasteiger partial charge is 0.573 e. The van der Waals surface area contributed by atoms with Crippen LogP contribution in [-0.2, 0) is 6.54 Å². The molecule has 0 saturated carbocycles. The Morgan fingerprint density at radius 3 is 2.39 bits per heavy atom. The first-order valence-corrected chi connectivity index (χ1v) is 7.48. The van der Waals surface area contributed by atoms with Gasteiger partial charge in [-0.3, -0.25) is 0 Å². The second-order valence-corrected chi connectivity index (χ2v) is 5.21. The van der Waals surface area contributed by atoms with Crippen LogP contribution in [-0.4, -0.2) is 21.1 Å². The van der Waals surface area contributed by atoms with Gasteiger partial charge in [-0.25, -0.2) is 9.67 Å². The maximum Gasteiger partial charge on any atom is 0.573 e. The number of nitrogens with zero attached hydrogens (tertiary/aromatic N) is 3. The summed E-state index contributed by atoms with van der Waals surface area (Å²) in [5.41, 5.74) is 0.823. The number of benzene rings is 1. The lowest BCUT2D eigenvalue weighted by atomic mass is 9.99. The molecule has 125 valence electrons. The Morgan fingerprint density at radius 1 is 1.17 bits per heavy atom. The molecular formula is C16H19F3N3O. The number of hydrogen-bond acceptors (Lipinski definition) is 3. The Morgan fingerprint density at radius 2 is 1.83 bits per heavy atom. The molecule has 0 atom stereocenters. The average Bonchev–Trinajstić information content (AvgIpc) is 2.92. The van der Waals surface area contributed by atoms with Gasteiger partial charge in [0, 0.05) is 6.42 Å². The van der Waals surface area contributed by atoms with E-state index in [0.717, 1.165) is 24.2 Å². The summed E-state index contributed by atoms with van der Waals surface area (Å²) in [6, 6.07) is 5.77. The van der Waals surface area contributed by atoms with Crippen LogP contribution in [0.2, 0.25) is 0 Å². The number of hydrogen-bond donors (Lipinski definition) is 0. The molecule has 0 fully saturated rings. The van der Waals surface area contributed by atoms with Gasteiger partial charge in [-0.15, -0.1) is 13.2 Å². The van der Waals surface area contributed by atoms with Crippen molar-refractivity contribution >= 4 is 0 Å². The molecule has 0 unspecified atom stereocenters. The Labute approximate surface area is 133 Å². The smallest absolute Gasteiger partial charge is 0.406 e. The van der Waals surface area contributed by atoms with E-state index in [1.54, 1.807) is 16.8 Å². The Bertz CT molecular complexity index is 604. The molecule has 1 aromatic carbocycles. The number of alkyl halides is 3. The molecule has 0 aliphatic carbocycles. The van der Waals surface area contributed by atoms with Gasteiger partial charge in [0.1, 0.15) is 17.9 Å². The van der Waals surface area contributed by atoms with E-state index < -0.39 is 6.36 Å². The Hall–Kier alpha value is -2.05. The summed E-state index contributed by atoms with van der Waals surface area (Å²) in [5, 5.41) is 4.18. The lowest BCUT2D eigenvalue weighted by molar-refractivity contribution is -0.274. The molecule has 7 heteroatoms. The summed E-state index contributed by atoms with van der Waals surface area (Å²) in [6.45, 7) is 4.67. The number of halogens is 3. The standard InChI is InChI=1S/C16H19F3N3O/c1-3-12(4-2)9-15-20-11-21-22(15)10-13-5-7-14(8-6-13)23-16(17,18)19/h5-9,11-12H,3-4,10H2,1-2H3. The number of ether oxygens (including phenoxy) is 1. The van der Waals surface area contributed by atoms with Crippen molar-refractivity contribution in [3.05, 3.63) is 48.4 Å². The third-order valence-corrected chi connectivity index (χ3v) is 3.57. The minimum atomic E-state index is -4.68. The van der Waals surface area contributed by atoms with Crippen molar-refractivity contribution in [1.82, 2.24) is 14.8 Å². The predicted molar refractivity (Wildman–Crippen MR) is 79.7 cm³/mol. The maximum atomic E-state index is 12.1. The highest BCUT2D eigenvalue weighted by Crippen LogP contribution is 2.23. The summed E-state index contributed by atoms with van der Waals surface area (Å²) in [6.07, 6.45) is 0.925. The van der Waals surface area contributed by atoms with Gasteiger partial charge in [-0.05, 0) is 23.6 Å². The second kappa shape index (κ2) is 7.48. The van der Waals surface area contributed by atoms with Crippen LogP contribution in [0.4, 0.5) is 13.2 Å². The first-order chi connectivity index (χ1) is 10.9. The molecular weight excluding hydrogens is 307 g/mol. The normalized spacial score (nSPS) is 11.9. The van der Waals surface area contributed by atoms with Crippen molar-refractivity contribution in [2.45, 2.75) is 39.6 Å². The average molecular weight is 326 g/mol. The van der Waals surface area contributed by atoms with Crippen LogP contribution in [0, 0.1) is 12.3 Å². The third kappa shape index (κ3) is 5.26. The highest BCUT2D eigenvalue weighted by molar-refractivity contribution is 5.27. The predicted octanol–water partition coefficient (Wildman–Crippen LogP) is 4.21. The summed E-state index contributed by atoms with van der Waals surface area (Å²) in [7, 11) is 0. The zero-order valence-electron chi connectivity index (χ0n) is 13.0. The lowest BCUT2D eigenvalue weighted by Crippen LogP contribution is -2.17. The fourth-order valence-corrected chi connectivity index (χ4v) is 2.23. The van der Waals surface area contributed by atoms with E-state index >= 15 is 0 Å². The molecule has 0 aliphatic rings. The quantitative estimate of drug-likeness (QED) is 0.765. The first kappa shape index (κ1) is 17.3. The van der Waals surface area contributed by atoms with Gasteiger partial charge >= 0.3 is 6.36 Å².